The van der Waals surface area contributed by atoms with Crippen molar-refractivity contribution in [3.8, 4) is 28.1 Å². The second-order valence-corrected chi connectivity index (χ2v) is 7.36. The third-order valence-corrected chi connectivity index (χ3v) is 5.23. The Morgan fingerprint density at radius 3 is 2.69 bits per heavy atom. The highest BCUT2D eigenvalue weighted by atomic mass is 35.5. The van der Waals surface area contributed by atoms with Crippen molar-refractivity contribution in [3.63, 3.8) is 0 Å². The number of amides is 1. The molecule has 0 spiro atoms. The quantitative estimate of drug-likeness (QED) is 0.482. The zero-order chi connectivity index (χ0) is 20.2. The van der Waals surface area contributed by atoms with Gasteiger partial charge in [-0.25, -0.2) is 4.98 Å². The number of aromatic nitrogens is 1. The smallest absolute Gasteiger partial charge is 0.266 e. The van der Waals surface area contributed by atoms with Crippen molar-refractivity contribution in [2.75, 3.05) is 18.5 Å². The second-order valence-electron chi connectivity index (χ2n) is 6.07. The van der Waals surface area contributed by atoms with Crippen molar-refractivity contribution in [2.45, 2.75) is 0 Å². The highest BCUT2D eigenvalue weighted by Gasteiger charge is 2.15. The summed E-state index contributed by atoms with van der Waals surface area (Å²) >= 11 is 7.33. The molecule has 1 aliphatic rings. The van der Waals surface area contributed by atoms with Gasteiger partial charge in [0.1, 0.15) is 29.9 Å². The molecule has 4 rings (SSSR count). The van der Waals surface area contributed by atoms with Crippen molar-refractivity contribution in [1.29, 1.82) is 5.26 Å². The van der Waals surface area contributed by atoms with E-state index in [-0.39, 0.29) is 5.57 Å². The van der Waals surface area contributed by atoms with Crippen molar-refractivity contribution in [2.24, 2.45) is 0 Å². The number of rotatable bonds is 4. The van der Waals surface area contributed by atoms with Gasteiger partial charge in [-0.3, -0.25) is 4.79 Å². The third-order valence-electron chi connectivity index (χ3n) is 4.07. The first-order chi connectivity index (χ1) is 14.1. The molecular formula is C21H14ClN3O3S. The molecule has 6 nitrogen and oxygen atoms in total. The highest BCUT2D eigenvalue weighted by Crippen LogP contribution is 2.32. The van der Waals surface area contributed by atoms with Gasteiger partial charge in [-0.05, 0) is 30.3 Å². The molecule has 1 aliphatic heterocycles. The molecule has 0 bridgehead atoms. The molecule has 29 heavy (non-hydrogen) atoms. The molecule has 1 N–H and O–H groups in total. The normalized spacial score (nSPS) is 12.9. The van der Waals surface area contributed by atoms with Gasteiger partial charge >= 0.3 is 0 Å². The van der Waals surface area contributed by atoms with E-state index in [4.69, 9.17) is 21.1 Å². The Morgan fingerprint density at radius 1 is 1.17 bits per heavy atom. The summed E-state index contributed by atoms with van der Waals surface area (Å²) in [6, 6.07) is 14.3. The minimum Gasteiger partial charge on any atom is -0.486 e. The fraction of sp³-hybridized carbons (Fsp3) is 0.0952. The van der Waals surface area contributed by atoms with Crippen molar-refractivity contribution >= 4 is 40.6 Å². The van der Waals surface area contributed by atoms with Gasteiger partial charge in [0, 0.05) is 27.7 Å². The summed E-state index contributed by atoms with van der Waals surface area (Å²) < 4.78 is 11.0. The minimum atomic E-state index is -0.523. The Morgan fingerprint density at radius 2 is 1.93 bits per heavy atom. The van der Waals surface area contributed by atoms with E-state index in [0.29, 0.717) is 41.1 Å². The lowest BCUT2D eigenvalue weighted by molar-refractivity contribution is -0.112. The molecule has 0 saturated carbocycles. The number of thiazole rings is 1. The number of hydrogen-bond acceptors (Lipinski definition) is 6. The van der Waals surface area contributed by atoms with Crippen molar-refractivity contribution in [1.82, 2.24) is 4.98 Å². The lowest BCUT2D eigenvalue weighted by Crippen LogP contribution is -2.17. The van der Waals surface area contributed by atoms with Crippen LogP contribution in [0.2, 0.25) is 5.02 Å². The summed E-state index contributed by atoms with van der Waals surface area (Å²) in [5, 5.41) is 15.3. The molecule has 2 aromatic carbocycles. The number of halogens is 1. The summed E-state index contributed by atoms with van der Waals surface area (Å²) in [4.78, 5) is 17.0. The fourth-order valence-electron chi connectivity index (χ4n) is 2.69. The van der Waals surface area contributed by atoms with E-state index in [1.807, 2.05) is 18.2 Å². The maximum absolute atomic E-state index is 12.5. The van der Waals surface area contributed by atoms with E-state index in [1.54, 1.807) is 35.7 Å². The number of nitriles is 1. The SMILES string of the molecule is N#C/C(=C\c1csc(-c2ccc(Cl)cc2)n1)C(=O)Nc1ccc2c(c1)OCCO2. The van der Waals surface area contributed by atoms with Crippen LogP contribution in [0.4, 0.5) is 5.69 Å². The zero-order valence-corrected chi connectivity index (χ0v) is 16.6. The lowest BCUT2D eigenvalue weighted by atomic mass is 10.2. The van der Waals surface area contributed by atoms with Crippen molar-refractivity contribution in [3.05, 3.63) is 64.1 Å². The number of carbonyl (C=O) groups is 1. The fourth-order valence-corrected chi connectivity index (χ4v) is 3.60. The molecule has 0 aliphatic carbocycles. The number of ether oxygens (including phenoxy) is 2. The zero-order valence-electron chi connectivity index (χ0n) is 15.0. The molecule has 1 amide bonds. The second kappa shape index (κ2) is 8.35. The number of nitrogens with one attached hydrogen (secondary N) is 1. The van der Waals surface area contributed by atoms with Gasteiger partial charge in [-0.1, -0.05) is 23.7 Å². The first-order valence-corrected chi connectivity index (χ1v) is 9.92. The summed E-state index contributed by atoms with van der Waals surface area (Å²) in [6.45, 7) is 0.944. The molecule has 2 heterocycles. The standard InChI is InChI=1S/C21H14ClN3O3S/c22-15-3-1-13(2-4-15)21-25-17(12-29-21)9-14(11-23)20(26)24-16-5-6-18-19(10-16)28-8-7-27-18/h1-6,9-10,12H,7-8H2,(H,24,26)/b14-9+. The van der Waals surface area contributed by atoms with Crippen LogP contribution in [-0.2, 0) is 4.79 Å². The van der Waals surface area contributed by atoms with Gasteiger partial charge in [0.2, 0.25) is 0 Å². The van der Waals surface area contributed by atoms with Gasteiger partial charge in [0.25, 0.3) is 5.91 Å². The number of hydrogen-bond donors (Lipinski definition) is 1. The summed E-state index contributed by atoms with van der Waals surface area (Å²) in [6.07, 6.45) is 1.46. The molecular weight excluding hydrogens is 410 g/mol. The maximum atomic E-state index is 12.5. The van der Waals surface area contributed by atoms with Crippen LogP contribution in [-0.4, -0.2) is 24.1 Å². The number of nitrogens with zero attached hydrogens (tertiary/aromatic N) is 2. The molecule has 0 radical (unpaired) electrons. The number of carbonyl (C=O) groups excluding carboxylic acids is 1. The lowest BCUT2D eigenvalue weighted by Gasteiger charge is -2.18. The highest BCUT2D eigenvalue weighted by molar-refractivity contribution is 7.13. The maximum Gasteiger partial charge on any atom is 0.266 e. The molecule has 8 heteroatoms. The molecule has 0 atom stereocenters. The van der Waals surface area contributed by atoms with Gasteiger partial charge < -0.3 is 14.8 Å². The Balaban J connectivity index is 1.51. The Kier molecular flexibility index (Phi) is 5.47. The summed E-state index contributed by atoms with van der Waals surface area (Å²) in [7, 11) is 0. The predicted molar refractivity (Wildman–Crippen MR) is 112 cm³/mol. The Hall–Kier alpha value is -3.34. The molecule has 1 aromatic heterocycles. The average molecular weight is 424 g/mol. The Labute approximate surface area is 176 Å². The van der Waals surface area contributed by atoms with Gasteiger partial charge in [0.15, 0.2) is 11.5 Å². The van der Waals surface area contributed by atoms with Gasteiger partial charge in [-0.2, -0.15) is 5.26 Å². The van der Waals surface area contributed by atoms with E-state index in [0.717, 1.165) is 10.6 Å². The molecule has 144 valence electrons. The van der Waals surface area contributed by atoms with Crippen LogP contribution in [0.3, 0.4) is 0 Å². The molecule has 0 unspecified atom stereocenters. The topological polar surface area (TPSA) is 84.2 Å². The van der Waals surface area contributed by atoms with E-state index in [1.165, 1.54) is 17.4 Å². The number of fused-ring (bicyclic) bond motifs is 1. The third kappa shape index (κ3) is 4.40. The van der Waals surface area contributed by atoms with Crippen LogP contribution in [0.15, 0.2) is 53.4 Å². The number of benzene rings is 2. The molecule has 0 fully saturated rings. The van der Waals surface area contributed by atoms with E-state index < -0.39 is 5.91 Å². The predicted octanol–water partition coefficient (Wildman–Crippen LogP) is 4.78. The average Bonchev–Trinajstić information content (AvgIpc) is 3.21. The monoisotopic (exact) mass is 423 g/mol. The van der Waals surface area contributed by atoms with Crippen LogP contribution in [0.5, 0.6) is 11.5 Å². The van der Waals surface area contributed by atoms with E-state index in [9.17, 15) is 10.1 Å². The summed E-state index contributed by atoms with van der Waals surface area (Å²) in [5.74, 6) is 0.663. The van der Waals surface area contributed by atoms with E-state index >= 15 is 0 Å². The molecule has 3 aromatic rings. The van der Waals surface area contributed by atoms with Crippen LogP contribution in [0, 0.1) is 11.3 Å². The molecule has 0 saturated heterocycles. The van der Waals surface area contributed by atoms with Gasteiger partial charge in [0.05, 0.1) is 5.69 Å². The van der Waals surface area contributed by atoms with Crippen LogP contribution >= 0.6 is 22.9 Å². The van der Waals surface area contributed by atoms with Gasteiger partial charge in [-0.15, -0.1) is 11.3 Å². The number of anilines is 1. The van der Waals surface area contributed by atoms with Crippen LogP contribution in [0.1, 0.15) is 5.69 Å². The van der Waals surface area contributed by atoms with Crippen molar-refractivity contribution < 1.29 is 14.3 Å². The van der Waals surface area contributed by atoms with E-state index in [2.05, 4.69) is 10.3 Å². The Bertz CT molecular complexity index is 1130. The van der Waals surface area contributed by atoms with Crippen LogP contribution < -0.4 is 14.8 Å². The minimum absolute atomic E-state index is 0.0483. The van der Waals surface area contributed by atoms with Crippen LogP contribution in [0.25, 0.3) is 16.6 Å². The summed E-state index contributed by atoms with van der Waals surface area (Å²) in [5.41, 5.74) is 1.92. The first kappa shape index (κ1) is 19.0. The first-order valence-electron chi connectivity index (χ1n) is 8.66. The largest absolute Gasteiger partial charge is 0.486 e.